The van der Waals surface area contributed by atoms with Crippen LogP contribution in [0.1, 0.15) is 31.4 Å². The van der Waals surface area contributed by atoms with E-state index in [-0.39, 0.29) is 24.5 Å². The van der Waals surface area contributed by atoms with E-state index in [9.17, 15) is 9.59 Å². The second kappa shape index (κ2) is 8.57. The molecule has 0 aliphatic carbocycles. The van der Waals surface area contributed by atoms with Crippen molar-refractivity contribution in [2.75, 3.05) is 11.4 Å². The van der Waals surface area contributed by atoms with Crippen LogP contribution in [0.3, 0.4) is 0 Å². The second-order valence-corrected chi connectivity index (χ2v) is 7.76. The highest BCUT2D eigenvalue weighted by Crippen LogP contribution is 2.30. The van der Waals surface area contributed by atoms with Crippen LogP contribution in [0.5, 0.6) is 5.75 Å². The lowest BCUT2D eigenvalue weighted by Gasteiger charge is -2.29. The fourth-order valence-corrected chi connectivity index (χ4v) is 3.47. The molecule has 0 saturated heterocycles. The molecule has 5 nitrogen and oxygen atoms in total. The SMILES string of the molecule is CC(C)Oc1ccc(CNC(=O)CN2C(=O)CCc3cc(Br)ccc32)cc1. The second-order valence-electron chi connectivity index (χ2n) is 6.84. The number of benzene rings is 2. The van der Waals surface area contributed by atoms with Gasteiger partial charge in [0.2, 0.25) is 11.8 Å². The first-order chi connectivity index (χ1) is 12.9. The van der Waals surface area contributed by atoms with Gasteiger partial charge in [0, 0.05) is 23.1 Å². The molecule has 0 atom stereocenters. The number of anilines is 1. The van der Waals surface area contributed by atoms with Crippen molar-refractivity contribution in [2.45, 2.75) is 39.3 Å². The monoisotopic (exact) mass is 430 g/mol. The van der Waals surface area contributed by atoms with Gasteiger partial charge in [-0.2, -0.15) is 0 Å². The highest BCUT2D eigenvalue weighted by molar-refractivity contribution is 9.10. The number of carbonyl (C=O) groups excluding carboxylic acids is 2. The minimum atomic E-state index is -0.179. The number of fused-ring (bicyclic) bond motifs is 1. The molecule has 27 heavy (non-hydrogen) atoms. The van der Waals surface area contributed by atoms with E-state index in [2.05, 4.69) is 21.2 Å². The smallest absolute Gasteiger partial charge is 0.240 e. The van der Waals surface area contributed by atoms with E-state index in [4.69, 9.17) is 4.74 Å². The van der Waals surface area contributed by atoms with Crippen LogP contribution in [0, 0.1) is 0 Å². The predicted molar refractivity (Wildman–Crippen MR) is 109 cm³/mol. The number of rotatable bonds is 6. The van der Waals surface area contributed by atoms with Crippen molar-refractivity contribution in [2.24, 2.45) is 0 Å². The third kappa shape index (κ3) is 5.10. The summed E-state index contributed by atoms with van der Waals surface area (Å²) in [7, 11) is 0. The Kier molecular flexibility index (Phi) is 6.16. The molecule has 0 aromatic heterocycles. The third-order valence-corrected chi connectivity index (χ3v) is 4.82. The van der Waals surface area contributed by atoms with E-state index in [1.165, 1.54) is 0 Å². The summed E-state index contributed by atoms with van der Waals surface area (Å²) in [6, 6.07) is 13.4. The van der Waals surface area contributed by atoms with Crippen LogP contribution < -0.4 is 15.0 Å². The van der Waals surface area contributed by atoms with Crippen LogP contribution in [0.15, 0.2) is 46.9 Å². The first kappa shape index (κ1) is 19.4. The van der Waals surface area contributed by atoms with Gasteiger partial charge < -0.3 is 15.0 Å². The van der Waals surface area contributed by atoms with Crippen molar-refractivity contribution < 1.29 is 14.3 Å². The van der Waals surface area contributed by atoms with E-state index in [1.54, 1.807) is 4.90 Å². The maximum Gasteiger partial charge on any atom is 0.240 e. The number of hydrogen-bond donors (Lipinski definition) is 1. The normalized spacial score (nSPS) is 13.5. The zero-order chi connectivity index (χ0) is 19.4. The summed E-state index contributed by atoms with van der Waals surface area (Å²) in [6.45, 7) is 4.40. The highest BCUT2D eigenvalue weighted by atomic mass is 79.9. The lowest BCUT2D eigenvalue weighted by Crippen LogP contribution is -2.42. The maximum absolute atomic E-state index is 12.4. The van der Waals surface area contributed by atoms with E-state index in [1.807, 2.05) is 56.3 Å². The lowest BCUT2D eigenvalue weighted by molar-refractivity contribution is -0.124. The molecule has 1 N–H and O–H groups in total. The number of nitrogens with zero attached hydrogens (tertiary/aromatic N) is 1. The van der Waals surface area contributed by atoms with Crippen molar-refractivity contribution in [1.29, 1.82) is 0 Å². The van der Waals surface area contributed by atoms with Gasteiger partial charge in [0.25, 0.3) is 0 Å². The molecule has 0 unspecified atom stereocenters. The Labute approximate surface area is 167 Å². The quantitative estimate of drug-likeness (QED) is 0.757. The van der Waals surface area contributed by atoms with Gasteiger partial charge in [0.05, 0.1) is 6.10 Å². The van der Waals surface area contributed by atoms with Crippen LogP contribution in [-0.2, 0) is 22.6 Å². The average Bonchev–Trinajstić information content (AvgIpc) is 2.63. The predicted octanol–water partition coefficient (Wildman–Crippen LogP) is 3.83. The van der Waals surface area contributed by atoms with Gasteiger partial charge in [0.15, 0.2) is 0 Å². The van der Waals surface area contributed by atoms with Gasteiger partial charge in [-0.15, -0.1) is 0 Å². The van der Waals surface area contributed by atoms with Crippen LogP contribution in [0.2, 0.25) is 0 Å². The largest absolute Gasteiger partial charge is 0.491 e. The van der Waals surface area contributed by atoms with Gasteiger partial charge in [-0.05, 0) is 61.7 Å². The van der Waals surface area contributed by atoms with Crippen LogP contribution in [0.4, 0.5) is 5.69 Å². The van der Waals surface area contributed by atoms with Gasteiger partial charge in [-0.3, -0.25) is 9.59 Å². The maximum atomic E-state index is 12.4. The third-order valence-electron chi connectivity index (χ3n) is 4.33. The molecule has 2 amide bonds. The van der Waals surface area contributed by atoms with Crippen molar-refractivity contribution in [1.82, 2.24) is 5.32 Å². The molecule has 1 aliphatic rings. The molecular weight excluding hydrogens is 408 g/mol. The number of aryl methyl sites for hydroxylation is 1. The number of nitrogens with one attached hydrogen (secondary N) is 1. The van der Waals surface area contributed by atoms with Gasteiger partial charge in [-0.1, -0.05) is 28.1 Å². The summed E-state index contributed by atoms with van der Waals surface area (Å²) in [5, 5.41) is 2.89. The molecule has 0 spiro atoms. The van der Waals surface area contributed by atoms with E-state index >= 15 is 0 Å². The fourth-order valence-electron chi connectivity index (χ4n) is 3.06. The first-order valence-electron chi connectivity index (χ1n) is 9.03. The number of ether oxygens (including phenoxy) is 1. The molecule has 6 heteroatoms. The van der Waals surface area contributed by atoms with Gasteiger partial charge in [-0.25, -0.2) is 0 Å². The number of hydrogen-bond acceptors (Lipinski definition) is 3. The molecule has 0 radical (unpaired) electrons. The standard InChI is InChI=1S/C21H23BrN2O3/c1-14(2)27-18-7-3-15(4-8-18)12-23-20(25)13-24-19-9-6-17(22)11-16(19)5-10-21(24)26/h3-4,6-9,11,14H,5,10,12-13H2,1-2H3,(H,23,25). The minimum absolute atomic E-state index is 0.0184. The summed E-state index contributed by atoms with van der Waals surface area (Å²) in [5.41, 5.74) is 2.88. The van der Waals surface area contributed by atoms with Crippen LogP contribution in [-0.4, -0.2) is 24.5 Å². The Morgan fingerprint density at radius 3 is 2.63 bits per heavy atom. The lowest BCUT2D eigenvalue weighted by atomic mass is 10.0. The van der Waals surface area contributed by atoms with Crippen molar-refractivity contribution in [3.05, 3.63) is 58.1 Å². The van der Waals surface area contributed by atoms with E-state index in [0.29, 0.717) is 19.4 Å². The fraction of sp³-hybridized carbons (Fsp3) is 0.333. The zero-order valence-corrected chi connectivity index (χ0v) is 17.1. The van der Waals surface area contributed by atoms with Crippen molar-refractivity contribution >= 4 is 33.4 Å². The molecule has 3 rings (SSSR count). The molecule has 0 saturated carbocycles. The Balaban J connectivity index is 1.59. The molecule has 142 valence electrons. The number of halogens is 1. The zero-order valence-electron chi connectivity index (χ0n) is 15.5. The minimum Gasteiger partial charge on any atom is -0.491 e. The van der Waals surface area contributed by atoms with Crippen LogP contribution >= 0.6 is 15.9 Å². The summed E-state index contributed by atoms with van der Waals surface area (Å²) in [6.07, 6.45) is 1.26. The summed E-state index contributed by atoms with van der Waals surface area (Å²) < 4.78 is 6.59. The highest BCUT2D eigenvalue weighted by Gasteiger charge is 2.25. The summed E-state index contributed by atoms with van der Waals surface area (Å²) in [5.74, 6) is 0.610. The summed E-state index contributed by atoms with van der Waals surface area (Å²) in [4.78, 5) is 26.2. The first-order valence-corrected chi connectivity index (χ1v) is 9.83. The van der Waals surface area contributed by atoms with Crippen LogP contribution in [0.25, 0.3) is 0 Å². The average molecular weight is 431 g/mol. The van der Waals surface area contributed by atoms with Gasteiger partial charge >= 0.3 is 0 Å². The molecule has 1 heterocycles. The molecule has 0 bridgehead atoms. The summed E-state index contributed by atoms with van der Waals surface area (Å²) >= 11 is 3.45. The molecule has 1 aliphatic heterocycles. The topological polar surface area (TPSA) is 58.6 Å². The number of amides is 2. The molecule has 0 fully saturated rings. The Hall–Kier alpha value is -2.34. The molecule has 2 aromatic rings. The molecule has 2 aromatic carbocycles. The van der Waals surface area contributed by atoms with E-state index < -0.39 is 0 Å². The Morgan fingerprint density at radius 2 is 1.93 bits per heavy atom. The van der Waals surface area contributed by atoms with Gasteiger partial charge in [0.1, 0.15) is 12.3 Å². The van der Waals surface area contributed by atoms with E-state index in [0.717, 1.165) is 27.0 Å². The molecular formula is C21H23BrN2O3. The van der Waals surface area contributed by atoms with Crippen molar-refractivity contribution in [3.63, 3.8) is 0 Å². The number of carbonyl (C=O) groups is 2. The Morgan fingerprint density at radius 1 is 1.19 bits per heavy atom. The van der Waals surface area contributed by atoms with Crippen molar-refractivity contribution in [3.8, 4) is 5.75 Å². The Bertz CT molecular complexity index is 834.